The monoisotopic (exact) mass is 629 g/mol. The summed E-state index contributed by atoms with van der Waals surface area (Å²) in [5.74, 6) is -0.176. The zero-order valence-corrected chi connectivity index (χ0v) is 26.6. The van der Waals surface area contributed by atoms with Crippen LogP contribution in [0.1, 0.15) is 50.9 Å². The second kappa shape index (κ2) is 12.8. The maximum atomic E-state index is 13.9. The summed E-state index contributed by atoms with van der Waals surface area (Å²) in [6.07, 6.45) is 6.75. The Hall–Kier alpha value is -4.24. The van der Waals surface area contributed by atoms with Gasteiger partial charge in [0, 0.05) is 32.2 Å². The quantitative estimate of drug-likeness (QED) is 0.145. The molecule has 44 heavy (non-hydrogen) atoms. The molecule has 0 saturated carbocycles. The summed E-state index contributed by atoms with van der Waals surface area (Å²) >= 11 is 0. The normalized spacial score (nSPS) is 16.0. The van der Waals surface area contributed by atoms with Gasteiger partial charge in [0.1, 0.15) is 0 Å². The highest BCUT2D eigenvalue weighted by Gasteiger charge is 2.32. The molecule has 1 N–H and O–H groups in total. The van der Waals surface area contributed by atoms with Crippen LogP contribution in [-0.2, 0) is 39.8 Å². The Morgan fingerprint density at radius 2 is 1.91 bits per heavy atom. The van der Waals surface area contributed by atoms with Crippen LogP contribution in [0.25, 0.3) is 11.2 Å². The van der Waals surface area contributed by atoms with Gasteiger partial charge >= 0.3 is 5.69 Å². The molecule has 0 radical (unpaired) electrons. The van der Waals surface area contributed by atoms with E-state index in [9.17, 15) is 27.6 Å². The number of hydrogen-bond donors (Lipinski definition) is 1. The Balaban J connectivity index is 1.79. The zero-order valence-electron chi connectivity index (χ0n) is 25.8. The number of hydroxylamine groups is 2. The zero-order chi connectivity index (χ0) is 32.4. The van der Waals surface area contributed by atoms with Gasteiger partial charge in [-0.2, -0.15) is 4.98 Å². The van der Waals surface area contributed by atoms with Crippen LogP contribution >= 0.6 is 0 Å². The van der Waals surface area contributed by atoms with E-state index in [2.05, 4.69) is 4.72 Å². The summed E-state index contributed by atoms with van der Waals surface area (Å²) in [5.41, 5.74) is -1.66. The predicted octanol–water partition coefficient (Wildman–Crippen LogP) is 1.88. The molecule has 14 nitrogen and oxygen atoms in total. The Morgan fingerprint density at radius 1 is 1.20 bits per heavy atom. The lowest BCUT2D eigenvalue weighted by molar-refractivity contribution is -0.232. The molecule has 1 saturated heterocycles. The van der Waals surface area contributed by atoms with Gasteiger partial charge in [-0.3, -0.25) is 33.1 Å². The molecular weight excluding hydrogens is 590 g/mol. The van der Waals surface area contributed by atoms with Crippen LogP contribution in [-0.4, -0.2) is 75.3 Å². The van der Waals surface area contributed by atoms with E-state index >= 15 is 0 Å². The van der Waals surface area contributed by atoms with Crippen LogP contribution in [0.5, 0.6) is 0 Å². The number of nitrogens with zero attached hydrogens (tertiary/aromatic N) is 6. The van der Waals surface area contributed by atoms with E-state index in [-0.39, 0.29) is 35.0 Å². The van der Waals surface area contributed by atoms with Crippen molar-refractivity contribution in [2.75, 3.05) is 29.0 Å². The van der Waals surface area contributed by atoms with Crippen molar-refractivity contribution in [3.8, 4) is 0 Å². The fourth-order valence-electron chi connectivity index (χ4n) is 5.21. The predicted molar refractivity (Wildman–Crippen MR) is 167 cm³/mol. The lowest BCUT2D eigenvalue weighted by Crippen LogP contribution is -2.50. The molecule has 1 amide bonds. The lowest BCUT2D eigenvalue weighted by Gasteiger charge is -2.39. The summed E-state index contributed by atoms with van der Waals surface area (Å²) in [5, 5.41) is 1.33. The maximum Gasteiger partial charge on any atom is 0.332 e. The summed E-state index contributed by atoms with van der Waals surface area (Å²) in [4.78, 5) is 65.3. The third-order valence-corrected chi connectivity index (χ3v) is 7.67. The first-order chi connectivity index (χ1) is 20.6. The Labute approximate surface area is 255 Å². The average Bonchev–Trinajstić information content (AvgIpc) is 3.34. The molecule has 1 atom stereocenters. The van der Waals surface area contributed by atoms with Gasteiger partial charge in [-0.05, 0) is 52.7 Å². The number of sulfonamides is 1. The summed E-state index contributed by atoms with van der Waals surface area (Å²) in [7, 11) is -2.21. The highest BCUT2D eigenvalue weighted by atomic mass is 32.2. The average molecular weight is 630 g/mol. The minimum atomic E-state index is -3.69. The van der Waals surface area contributed by atoms with Crippen LogP contribution in [0.2, 0.25) is 0 Å². The van der Waals surface area contributed by atoms with Crippen LogP contribution in [0, 0.1) is 0 Å². The number of carbonyl (C=O) groups excluding carboxylic acids is 2. The number of hydrogen-bond acceptors (Lipinski definition) is 9. The number of para-hydroxylation sites is 1. The second-order valence-corrected chi connectivity index (χ2v) is 13.5. The number of allylic oxidation sites excluding steroid dienone is 2. The largest absolute Gasteiger partial charge is 0.340 e. The molecule has 1 aromatic carbocycles. The van der Waals surface area contributed by atoms with Crippen LogP contribution < -0.4 is 20.9 Å². The van der Waals surface area contributed by atoms with Gasteiger partial charge in [0.05, 0.1) is 30.1 Å². The van der Waals surface area contributed by atoms with E-state index in [0.29, 0.717) is 31.9 Å². The second-order valence-electron chi connectivity index (χ2n) is 11.8. The van der Waals surface area contributed by atoms with E-state index < -0.39 is 39.2 Å². The first-order valence-corrected chi connectivity index (χ1v) is 16.1. The Morgan fingerprint density at radius 3 is 2.55 bits per heavy atom. The molecule has 1 aliphatic rings. The molecule has 0 bridgehead atoms. The molecule has 1 fully saturated rings. The molecule has 3 aromatic rings. The number of Topliss-reactive ketones (excluding diaryl/α,β-unsaturated/α-hetero) is 1. The van der Waals surface area contributed by atoms with Gasteiger partial charge in [0.2, 0.25) is 22.4 Å². The molecule has 1 aliphatic heterocycles. The van der Waals surface area contributed by atoms with Gasteiger partial charge < -0.3 is 9.47 Å². The minimum Gasteiger partial charge on any atom is -0.340 e. The molecule has 238 valence electrons. The van der Waals surface area contributed by atoms with Crippen molar-refractivity contribution in [1.82, 2.24) is 23.7 Å². The van der Waals surface area contributed by atoms with Crippen LogP contribution in [0.15, 0.2) is 46.0 Å². The first-order valence-electron chi connectivity index (χ1n) is 14.2. The number of piperidine rings is 1. The van der Waals surface area contributed by atoms with Gasteiger partial charge in [-0.25, -0.2) is 18.3 Å². The number of carbonyl (C=O) groups is 2. The molecule has 1 unspecified atom stereocenters. The van der Waals surface area contributed by atoms with Gasteiger partial charge in [0.25, 0.3) is 5.56 Å². The van der Waals surface area contributed by atoms with Crippen LogP contribution in [0.4, 0.5) is 11.6 Å². The lowest BCUT2D eigenvalue weighted by atomic mass is 10.1. The van der Waals surface area contributed by atoms with Gasteiger partial charge in [0.15, 0.2) is 16.9 Å². The highest BCUT2D eigenvalue weighted by Crippen LogP contribution is 2.26. The van der Waals surface area contributed by atoms with Crippen molar-refractivity contribution in [3.05, 3.63) is 62.8 Å². The third-order valence-electron chi connectivity index (χ3n) is 7.08. The number of fused-ring (bicyclic) bond motifs is 1. The number of aryl methyl sites for hydroxylation is 1. The number of nitrogens with one attached hydrogen (secondary N) is 1. The van der Waals surface area contributed by atoms with E-state index in [0.717, 1.165) is 17.2 Å². The Bertz CT molecular complexity index is 1820. The standard InChI is InChI=1S/C29H39N7O7S/c1-7-8-16-34-24-25(30-27(34)33-15-11-12-20(17-33)36(19-37)43-29(2,3)4)32(5)28(40)35(26(24)39)18-23(38)21-13-9-10-14-22(21)31-44(6,41)42/h7-10,13-14,19-20,31H,11-12,15-18H2,1-6H3/b8-7+. The molecule has 4 rings (SSSR count). The molecule has 3 heterocycles. The molecule has 0 spiro atoms. The molecular formula is C29H39N7O7S. The van der Waals surface area contributed by atoms with E-state index in [4.69, 9.17) is 9.82 Å². The van der Waals surface area contributed by atoms with E-state index in [1.807, 2.05) is 44.7 Å². The first kappa shape index (κ1) is 32.7. The topological polar surface area (TPSA) is 158 Å². The fourth-order valence-corrected chi connectivity index (χ4v) is 5.79. The number of aromatic nitrogens is 4. The number of ketones is 1. The smallest absolute Gasteiger partial charge is 0.332 e. The number of anilines is 2. The number of benzene rings is 1. The minimum absolute atomic E-state index is 0.0201. The maximum absolute atomic E-state index is 13.9. The van der Waals surface area contributed by atoms with Crippen molar-refractivity contribution < 1.29 is 22.8 Å². The van der Waals surface area contributed by atoms with E-state index in [1.165, 1.54) is 28.8 Å². The Kier molecular flexibility index (Phi) is 9.49. The number of amides is 1. The fraction of sp³-hybridized carbons (Fsp3) is 0.483. The summed E-state index contributed by atoms with van der Waals surface area (Å²) in [6, 6.07) is 5.72. The van der Waals surface area contributed by atoms with Crippen molar-refractivity contribution in [3.63, 3.8) is 0 Å². The van der Waals surface area contributed by atoms with E-state index in [1.54, 1.807) is 16.7 Å². The highest BCUT2D eigenvalue weighted by molar-refractivity contribution is 7.92. The third kappa shape index (κ3) is 7.10. The van der Waals surface area contributed by atoms with Crippen molar-refractivity contribution >= 4 is 45.0 Å². The number of imidazole rings is 1. The van der Waals surface area contributed by atoms with Crippen molar-refractivity contribution in [2.24, 2.45) is 7.05 Å². The van der Waals surface area contributed by atoms with Gasteiger partial charge in [-0.1, -0.05) is 24.3 Å². The SMILES string of the molecule is C/C=C/Cn1c(N2CCCC(N(C=O)OC(C)(C)C)C2)nc2c1c(=O)n(CC(=O)c1ccccc1NS(C)(=O)=O)c(=O)n2C. The van der Waals surface area contributed by atoms with Crippen LogP contribution in [0.3, 0.4) is 0 Å². The van der Waals surface area contributed by atoms with Gasteiger partial charge in [-0.15, -0.1) is 0 Å². The molecule has 2 aromatic heterocycles. The molecule has 15 heteroatoms. The van der Waals surface area contributed by atoms with Crippen molar-refractivity contribution in [1.29, 1.82) is 0 Å². The number of rotatable bonds is 11. The van der Waals surface area contributed by atoms with Crippen molar-refractivity contribution in [2.45, 2.75) is 65.3 Å². The molecule has 0 aliphatic carbocycles. The summed E-state index contributed by atoms with van der Waals surface area (Å²) < 4.78 is 29.8. The summed E-state index contributed by atoms with van der Waals surface area (Å²) in [6.45, 7) is 8.06.